The molecule has 144 valence electrons. The van der Waals surface area contributed by atoms with E-state index < -0.39 is 0 Å². The van der Waals surface area contributed by atoms with Crippen molar-refractivity contribution in [2.24, 2.45) is 5.92 Å². The molecular weight excluding hydrogens is 338 g/mol. The standard InChI is InChI=1S/C27H31N/c1-28(2)20-22(18-21-10-4-3-5-11-21)19-27-25-14-8-6-12-23(25)16-17-24-13-7-9-15-26(24)27/h3-15,22,27H,16-20H2,1-2H3. The van der Waals surface area contributed by atoms with E-state index in [0.29, 0.717) is 11.8 Å². The van der Waals surface area contributed by atoms with Crippen molar-refractivity contribution >= 4 is 0 Å². The molecule has 0 N–H and O–H groups in total. The fourth-order valence-electron chi connectivity index (χ4n) is 4.91. The van der Waals surface area contributed by atoms with E-state index in [1.165, 1.54) is 23.1 Å². The summed E-state index contributed by atoms with van der Waals surface area (Å²) in [4.78, 5) is 2.35. The highest BCUT2D eigenvalue weighted by Gasteiger charge is 2.26. The average molecular weight is 370 g/mol. The van der Waals surface area contributed by atoms with Gasteiger partial charge in [0.05, 0.1) is 0 Å². The number of nitrogens with zero attached hydrogens (tertiary/aromatic N) is 1. The maximum Gasteiger partial charge on any atom is 0.00980 e. The molecule has 1 atom stereocenters. The predicted molar refractivity (Wildman–Crippen MR) is 119 cm³/mol. The van der Waals surface area contributed by atoms with Gasteiger partial charge in [-0.05, 0) is 73.5 Å². The summed E-state index contributed by atoms with van der Waals surface area (Å²) in [5.74, 6) is 1.12. The number of hydrogen-bond acceptors (Lipinski definition) is 1. The quantitative estimate of drug-likeness (QED) is 0.536. The summed E-state index contributed by atoms with van der Waals surface area (Å²) >= 11 is 0. The first-order valence-electron chi connectivity index (χ1n) is 10.5. The van der Waals surface area contributed by atoms with Crippen molar-refractivity contribution in [2.45, 2.75) is 31.6 Å². The van der Waals surface area contributed by atoms with Gasteiger partial charge in [-0.15, -0.1) is 0 Å². The second kappa shape index (κ2) is 8.75. The van der Waals surface area contributed by atoms with Gasteiger partial charge in [0.1, 0.15) is 0 Å². The summed E-state index contributed by atoms with van der Waals surface area (Å²) < 4.78 is 0. The first-order chi connectivity index (χ1) is 13.7. The van der Waals surface area contributed by atoms with Gasteiger partial charge in [0.25, 0.3) is 0 Å². The number of fused-ring (bicyclic) bond motifs is 2. The van der Waals surface area contributed by atoms with Crippen molar-refractivity contribution in [3.05, 3.63) is 107 Å². The first-order valence-corrected chi connectivity index (χ1v) is 10.5. The Bertz CT molecular complexity index is 849. The molecule has 0 aliphatic heterocycles. The normalized spacial score (nSPS) is 15.0. The lowest BCUT2D eigenvalue weighted by Crippen LogP contribution is -2.25. The first kappa shape index (κ1) is 19.0. The molecule has 0 fully saturated rings. The van der Waals surface area contributed by atoms with Gasteiger partial charge in [0.15, 0.2) is 0 Å². The molecule has 1 nitrogen and oxygen atoms in total. The molecule has 4 rings (SSSR count). The third-order valence-corrected chi connectivity index (χ3v) is 6.08. The molecule has 0 amide bonds. The van der Waals surface area contributed by atoms with Gasteiger partial charge >= 0.3 is 0 Å². The largest absolute Gasteiger partial charge is 0.309 e. The Morgan fingerprint density at radius 2 is 1.29 bits per heavy atom. The summed E-state index contributed by atoms with van der Waals surface area (Å²) in [6.45, 7) is 1.12. The van der Waals surface area contributed by atoms with Crippen molar-refractivity contribution in [3.8, 4) is 0 Å². The Labute approximate surface area is 170 Å². The Balaban J connectivity index is 1.69. The second-order valence-electron chi connectivity index (χ2n) is 8.50. The molecule has 0 aromatic heterocycles. The topological polar surface area (TPSA) is 3.24 Å². The van der Waals surface area contributed by atoms with E-state index >= 15 is 0 Å². The molecule has 1 aliphatic rings. The molecule has 0 bridgehead atoms. The molecule has 0 spiro atoms. The fraction of sp³-hybridized carbons (Fsp3) is 0.333. The molecule has 0 heterocycles. The lowest BCUT2D eigenvalue weighted by Gasteiger charge is -2.28. The van der Waals surface area contributed by atoms with E-state index in [2.05, 4.69) is 97.9 Å². The van der Waals surface area contributed by atoms with Crippen molar-refractivity contribution < 1.29 is 0 Å². The Morgan fingerprint density at radius 3 is 1.86 bits per heavy atom. The Hall–Kier alpha value is -2.38. The summed E-state index contributed by atoms with van der Waals surface area (Å²) in [6.07, 6.45) is 4.64. The van der Waals surface area contributed by atoms with Crippen LogP contribution in [0.2, 0.25) is 0 Å². The minimum Gasteiger partial charge on any atom is -0.309 e. The smallest absolute Gasteiger partial charge is 0.00980 e. The average Bonchev–Trinajstić information content (AvgIpc) is 2.86. The fourth-order valence-corrected chi connectivity index (χ4v) is 4.91. The Morgan fingerprint density at radius 1 is 0.750 bits per heavy atom. The molecule has 3 aromatic rings. The number of hydrogen-bond donors (Lipinski definition) is 0. The zero-order valence-electron chi connectivity index (χ0n) is 17.1. The van der Waals surface area contributed by atoms with Crippen molar-refractivity contribution in [1.82, 2.24) is 4.90 Å². The molecular formula is C27H31N. The zero-order valence-corrected chi connectivity index (χ0v) is 17.1. The van der Waals surface area contributed by atoms with Crippen LogP contribution in [0.25, 0.3) is 0 Å². The highest BCUT2D eigenvalue weighted by molar-refractivity contribution is 5.45. The zero-order chi connectivity index (χ0) is 19.3. The summed E-state index contributed by atoms with van der Waals surface area (Å²) in [5, 5.41) is 0. The van der Waals surface area contributed by atoms with Crippen LogP contribution < -0.4 is 0 Å². The van der Waals surface area contributed by atoms with Gasteiger partial charge in [-0.1, -0.05) is 78.9 Å². The lowest BCUT2D eigenvalue weighted by molar-refractivity contribution is 0.303. The van der Waals surface area contributed by atoms with Crippen LogP contribution in [0.15, 0.2) is 78.9 Å². The molecule has 1 aliphatic carbocycles. The van der Waals surface area contributed by atoms with Crippen molar-refractivity contribution in [1.29, 1.82) is 0 Å². The van der Waals surface area contributed by atoms with Gasteiger partial charge in [-0.3, -0.25) is 0 Å². The summed E-state index contributed by atoms with van der Waals surface area (Å²) in [7, 11) is 4.40. The van der Waals surface area contributed by atoms with Crippen LogP contribution in [0.5, 0.6) is 0 Å². The molecule has 1 unspecified atom stereocenters. The van der Waals surface area contributed by atoms with Crippen LogP contribution in [0.4, 0.5) is 0 Å². The van der Waals surface area contributed by atoms with E-state index in [4.69, 9.17) is 0 Å². The molecule has 0 saturated carbocycles. The van der Waals surface area contributed by atoms with E-state index in [1.807, 2.05) is 0 Å². The number of benzene rings is 3. The monoisotopic (exact) mass is 369 g/mol. The van der Waals surface area contributed by atoms with Crippen LogP contribution in [0.1, 0.15) is 40.2 Å². The van der Waals surface area contributed by atoms with Crippen LogP contribution >= 0.6 is 0 Å². The molecule has 0 saturated heterocycles. The number of aryl methyl sites for hydroxylation is 2. The summed E-state index contributed by atoms with van der Waals surface area (Å²) in [6, 6.07) is 29.3. The Kier molecular flexibility index (Phi) is 5.92. The maximum atomic E-state index is 2.37. The number of rotatable bonds is 6. The predicted octanol–water partition coefficient (Wildman–Crippen LogP) is 5.73. The molecule has 1 heteroatoms. The van der Waals surface area contributed by atoms with Crippen LogP contribution in [0, 0.1) is 5.92 Å². The molecule has 0 radical (unpaired) electrons. The molecule has 3 aromatic carbocycles. The second-order valence-corrected chi connectivity index (χ2v) is 8.50. The van der Waals surface area contributed by atoms with Gasteiger partial charge in [-0.2, -0.15) is 0 Å². The van der Waals surface area contributed by atoms with Gasteiger partial charge in [0, 0.05) is 12.5 Å². The van der Waals surface area contributed by atoms with Gasteiger partial charge in [0.2, 0.25) is 0 Å². The third kappa shape index (κ3) is 4.36. The highest BCUT2D eigenvalue weighted by Crippen LogP contribution is 2.39. The van der Waals surface area contributed by atoms with Crippen molar-refractivity contribution in [3.63, 3.8) is 0 Å². The van der Waals surface area contributed by atoms with Crippen LogP contribution in [0.3, 0.4) is 0 Å². The van der Waals surface area contributed by atoms with E-state index in [1.54, 1.807) is 11.1 Å². The highest BCUT2D eigenvalue weighted by atomic mass is 15.1. The minimum atomic E-state index is 0.489. The van der Waals surface area contributed by atoms with Gasteiger partial charge in [-0.25, -0.2) is 0 Å². The van der Waals surface area contributed by atoms with Crippen molar-refractivity contribution in [2.75, 3.05) is 20.6 Å². The lowest BCUT2D eigenvalue weighted by atomic mass is 9.79. The van der Waals surface area contributed by atoms with E-state index in [-0.39, 0.29) is 0 Å². The molecule has 28 heavy (non-hydrogen) atoms. The maximum absolute atomic E-state index is 2.37. The van der Waals surface area contributed by atoms with Crippen LogP contribution in [-0.4, -0.2) is 25.5 Å². The minimum absolute atomic E-state index is 0.489. The van der Waals surface area contributed by atoms with Gasteiger partial charge < -0.3 is 4.90 Å². The summed E-state index contributed by atoms with van der Waals surface area (Å²) in [5.41, 5.74) is 7.61. The van der Waals surface area contributed by atoms with E-state index in [9.17, 15) is 0 Å². The SMILES string of the molecule is CN(C)CC(Cc1ccccc1)CC1c2ccccc2CCc2ccccc21. The van der Waals surface area contributed by atoms with Crippen LogP contribution in [-0.2, 0) is 19.3 Å². The third-order valence-electron chi connectivity index (χ3n) is 6.08. The van der Waals surface area contributed by atoms with E-state index in [0.717, 1.165) is 25.8 Å².